The molecule has 3 aromatic rings. The summed E-state index contributed by atoms with van der Waals surface area (Å²) in [6.45, 7) is 6.92. The topological polar surface area (TPSA) is 72.8 Å². The summed E-state index contributed by atoms with van der Waals surface area (Å²) in [4.78, 5) is 29.2. The molecule has 1 aliphatic heterocycles. The predicted molar refractivity (Wildman–Crippen MR) is 129 cm³/mol. The second kappa shape index (κ2) is 8.81. The molecule has 2 amide bonds. The van der Waals surface area contributed by atoms with Gasteiger partial charge in [-0.15, -0.1) is 0 Å². The van der Waals surface area contributed by atoms with E-state index in [9.17, 15) is 9.59 Å². The van der Waals surface area contributed by atoms with Crippen LogP contribution in [0.25, 0.3) is 10.9 Å². The first-order valence-electron chi connectivity index (χ1n) is 11.2. The number of hydrogen-bond acceptors (Lipinski definition) is 4. The van der Waals surface area contributed by atoms with Crippen molar-refractivity contribution in [1.82, 2.24) is 9.88 Å². The minimum atomic E-state index is -1.16. The van der Waals surface area contributed by atoms with Crippen LogP contribution in [-0.2, 0) is 11.3 Å². The van der Waals surface area contributed by atoms with Crippen molar-refractivity contribution in [1.29, 1.82) is 0 Å². The van der Waals surface area contributed by atoms with Crippen LogP contribution in [0.1, 0.15) is 37.7 Å². The third-order valence-electron chi connectivity index (χ3n) is 6.32. The van der Waals surface area contributed by atoms with E-state index < -0.39 is 5.54 Å². The summed E-state index contributed by atoms with van der Waals surface area (Å²) in [6.07, 6.45) is 0.860. The Morgan fingerprint density at radius 2 is 1.88 bits per heavy atom. The summed E-state index contributed by atoms with van der Waals surface area (Å²) in [5.41, 5.74) is 0.844. The van der Waals surface area contributed by atoms with Gasteiger partial charge in [0.25, 0.3) is 5.91 Å². The monoisotopic (exact) mass is 449 g/mol. The summed E-state index contributed by atoms with van der Waals surface area (Å²) >= 11 is 0. The fourth-order valence-corrected chi connectivity index (χ4v) is 4.46. The first kappa shape index (κ1) is 22.7. The maximum atomic E-state index is 13.9. The van der Waals surface area contributed by atoms with Crippen LogP contribution < -0.4 is 19.7 Å². The van der Waals surface area contributed by atoms with Crippen LogP contribution in [0.2, 0.25) is 0 Å². The average Bonchev–Trinajstić information content (AvgIpc) is 3.17. The fraction of sp³-hybridized carbons (Fsp3) is 0.385. The second-order valence-electron chi connectivity index (χ2n) is 9.07. The van der Waals surface area contributed by atoms with Crippen molar-refractivity contribution >= 4 is 28.4 Å². The zero-order valence-corrected chi connectivity index (χ0v) is 19.8. The Labute approximate surface area is 194 Å². The molecule has 7 heteroatoms. The number of para-hydroxylation sites is 1. The Bertz CT molecular complexity index is 1200. The molecule has 0 radical (unpaired) electrons. The van der Waals surface area contributed by atoms with Gasteiger partial charge < -0.3 is 19.4 Å². The second-order valence-corrected chi connectivity index (χ2v) is 9.07. The highest BCUT2D eigenvalue weighted by Crippen LogP contribution is 2.41. The standard InChI is InChI=1S/C26H31N3O4/c1-17(2)12-13-27-25(31)26(3)16-28-20-9-7-6-8-18(20)14-22(28)24(30)29(26)21-11-10-19(32-4)15-23(21)33-5/h6-11,14-15,17H,12-13,16H2,1-5H3,(H,27,31). The van der Waals surface area contributed by atoms with E-state index in [0.29, 0.717) is 41.9 Å². The molecule has 1 aliphatic rings. The van der Waals surface area contributed by atoms with Gasteiger partial charge in [-0.25, -0.2) is 0 Å². The maximum Gasteiger partial charge on any atom is 0.276 e. The van der Waals surface area contributed by atoms with Gasteiger partial charge in [0.15, 0.2) is 0 Å². The van der Waals surface area contributed by atoms with Crippen molar-refractivity contribution in [2.45, 2.75) is 39.3 Å². The molecule has 0 aliphatic carbocycles. The molecule has 0 spiro atoms. The maximum absolute atomic E-state index is 13.9. The fourth-order valence-electron chi connectivity index (χ4n) is 4.46. The lowest BCUT2D eigenvalue weighted by atomic mass is 9.93. The first-order chi connectivity index (χ1) is 15.8. The van der Waals surface area contributed by atoms with Gasteiger partial charge in [0.2, 0.25) is 5.91 Å². The van der Waals surface area contributed by atoms with Crippen LogP contribution in [0.3, 0.4) is 0 Å². The van der Waals surface area contributed by atoms with Crippen LogP contribution in [0.4, 0.5) is 5.69 Å². The summed E-state index contributed by atoms with van der Waals surface area (Å²) in [5.74, 6) is 1.09. The largest absolute Gasteiger partial charge is 0.497 e. The molecule has 7 nitrogen and oxygen atoms in total. The molecule has 1 unspecified atom stereocenters. The first-order valence-corrected chi connectivity index (χ1v) is 11.2. The summed E-state index contributed by atoms with van der Waals surface area (Å²) in [5, 5.41) is 4.03. The van der Waals surface area contributed by atoms with Gasteiger partial charge in [-0.1, -0.05) is 32.0 Å². The number of fused-ring (bicyclic) bond motifs is 3. The van der Waals surface area contributed by atoms with E-state index in [4.69, 9.17) is 9.47 Å². The smallest absolute Gasteiger partial charge is 0.276 e. The number of nitrogens with one attached hydrogen (secondary N) is 1. The van der Waals surface area contributed by atoms with E-state index in [-0.39, 0.29) is 11.8 Å². The highest BCUT2D eigenvalue weighted by Gasteiger charge is 2.49. The highest BCUT2D eigenvalue weighted by molar-refractivity contribution is 6.14. The van der Waals surface area contributed by atoms with Crippen LogP contribution in [0.5, 0.6) is 11.5 Å². The van der Waals surface area contributed by atoms with Gasteiger partial charge in [0, 0.05) is 23.5 Å². The highest BCUT2D eigenvalue weighted by atomic mass is 16.5. The molecule has 2 heterocycles. The quantitative estimate of drug-likeness (QED) is 0.586. The lowest BCUT2D eigenvalue weighted by Crippen LogP contribution is -2.64. The average molecular weight is 450 g/mol. The third kappa shape index (κ3) is 3.92. The summed E-state index contributed by atoms with van der Waals surface area (Å²) in [6, 6.07) is 15.0. The van der Waals surface area contributed by atoms with Gasteiger partial charge in [-0.2, -0.15) is 0 Å². The van der Waals surface area contributed by atoms with Gasteiger partial charge >= 0.3 is 0 Å². The molecular formula is C26H31N3O4. The Hall–Kier alpha value is -3.48. The van der Waals surface area contributed by atoms with Crippen molar-refractivity contribution in [3.8, 4) is 11.5 Å². The Morgan fingerprint density at radius 3 is 2.58 bits per heavy atom. The molecular weight excluding hydrogens is 418 g/mol. The number of anilines is 1. The SMILES string of the molecule is COc1ccc(N2C(=O)c3cc4ccccc4n3CC2(C)C(=O)NCCC(C)C)c(OC)c1. The van der Waals surface area contributed by atoms with Gasteiger partial charge in [0.05, 0.1) is 26.5 Å². The van der Waals surface area contributed by atoms with E-state index in [1.54, 1.807) is 37.3 Å². The zero-order chi connectivity index (χ0) is 23.8. The number of hydrogen-bond donors (Lipinski definition) is 1. The molecule has 4 rings (SSSR count). The van der Waals surface area contributed by atoms with Crippen molar-refractivity contribution in [2.75, 3.05) is 25.7 Å². The van der Waals surface area contributed by atoms with Crippen LogP contribution in [0, 0.1) is 5.92 Å². The van der Waals surface area contributed by atoms with Gasteiger partial charge in [-0.3, -0.25) is 14.5 Å². The Morgan fingerprint density at radius 1 is 1.12 bits per heavy atom. The molecule has 0 saturated carbocycles. The molecule has 0 fully saturated rings. The van der Waals surface area contributed by atoms with E-state index in [2.05, 4.69) is 19.2 Å². The lowest BCUT2D eigenvalue weighted by Gasteiger charge is -2.44. The Balaban J connectivity index is 1.86. The molecule has 1 N–H and O–H groups in total. The number of aromatic nitrogens is 1. The number of amides is 2. The number of ether oxygens (including phenoxy) is 2. The molecule has 33 heavy (non-hydrogen) atoms. The summed E-state index contributed by atoms with van der Waals surface area (Å²) < 4.78 is 12.9. The van der Waals surface area contributed by atoms with Crippen LogP contribution in [-0.4, -0.2) is 42.7 Å². The predicted octanol–water partition coefficient (Wildman–Crippen LogP) is 4.24. The number of carbonyl (C=O) groups excluding carboxylic acids is 2. The molecule has 0 bridgehead atoms. The normalized spacial score (nSPS) is 17.9. The number of carbonyl (C=O) groups is 2. The van der Waals surface area contributed by atoms with Crippen molar-refractivity contribution in [3.05, 3.63) is 54.2 Å². The molecule has 174 valence electrons. The number of nitrogens with zero attached hydrogens (tertiary/aromatic N) is 2. The van der Waals surface area contributed by atoms with Crippen molar-refractivity contribution in [2.24, 2.45) is 5.92 Å². The van der Waals surface area contributed by atoms with Crippen LogP contribution in [0.15, 0.2) is 48.5 Å². The van der Waals surface area contributed by atoms with E-state index in [0.717, 1.165) is 17.3 Å². The van der Waals surface area contributed by atoms with Crippen molar-refractivity contribution < 1.29 is 19.1 Å². The summed E-state index contributed by atoms with van der Waals surface area (Å²) in [7, 11) is 3.12. The molecule has 2 aromatic carbocycles. The third-order valence-corrected chi connectivity index (χ3v) is 6.32. The van der Waals surface area contributed by atoms with E-state index in [1.807, 2.05) is 41.8 Å². The zero-order valence-electron chi connectivity index (χ0n) is 19.8. The van der Waals surface area contributed by atoms with Crippen LogP contribution >= 0.6 is 0 Å². The van der Waals surface area contributed by atoms with E-state index in [1.165, 1.54) is 0 Å². The van der Waals surface area contributed by atoms with E-state index >= 15 is 0 Å². The number of rotatable bonds is 7. The Kier molecular flexibility index (Phi) is 6.06. The molecule has 1 atom stereocenters. The minimum absolute atomic E-state index is 0.196. The lowest BCUT2D eigenvalue weighted by molar-refractivity contribution is -0.126. The molecule has 1 aromatic heterocycles. The minimum Gasteiger partial charge on any atom is -0.497 e. The number of benzene rings is 2. The molecule has 0 saturated heterocycles. The van der Waals surface area contributed by atoms with Gasteiger partial charge in [0.1, 0.15) is 22.7 Å². The van der Waals surface area contributed by atoms with Gasteiger partial charge in [-0.05, 0) is 43.5 Å². The number of methoxy groups -OCH3 is 2. The van der Waals surface area contributed by atoms with Crippen molar-refractivity contribution in [3.63, 3.8) is 0 Å².